The molecule has 1 aromatic heterocycles. The lowest BCUT2D eigenvalue weighted by Gasteiger charge is -2.34. The topological polar surface area (TPSA) is 79.3 Å². The predicted molar refractivity (Wildman–Crippen MR) is 132 cm³/mol. The molecule has 2 unspecified atom stereocenters. The van der Waals surface area contributed by atoms with Crippen LogP contribution in [0.25, 0.3) is 10.2 Å². The number of carboxylic acids is 1. The van der Waals surface area contributed by atoms with E-state index in [0.29, 0.717) is 35.0 Å². The normalized spacial score (nSPS) is 25.5. The standard InChI is InChI=1S/C27H22F4N2O3S/c28-18-4-1-3-16(13-18)15-9-11-26(12-10-15,23(34)19-5-2-6-20(19)24(35)36)33-25-32-21-8-7-17(27(29,30)31)14-22(21)37-25/h1,3-4,7-15,19-20H,2,5-6H2,(H,32,33)(H,35,36). The van der Waals surface area contributed by atoms with Crippen LogP contribution in [-0.4, -0.2) is 27.4 Å². The molecule has 2 N–H and O–H groups in total. The average Bonchev–Trinajstić information content (AvgIpc) is 3.50. The molecule has 5 rings (SSSR count). The van der Waals surface area contributed by atoms with Crippen molar-refractivity contribution in [3.05, 3.63) is 83.7 Å². The number of nitrogens with zero attached hydrogens (tertiary/aromatic N) is 1. The number of benzene rings is 2. The van der Waals surface area contributed by atoms with Crippen molar-refractivity contribution >= 4 is 38.4 Å². The number of rotatable bonds is 6. The Kier molecular flexibility index (Phi) is 6.39. The number of ketones is 1. The highest BCUT2D eigenvalue weighted by Gasteiger charge is 2.46. The Labute approximate surface area is 213 Å². The second-order valence-corrected chi connectivity index (χ2v) is 10.4. The number of carbonyl (C=O) groups is 2. The van der Waals surface area contributed by atoms with Gasteiger partial charge in [0, 0.05) is 11.8 Å². The molecule has 2 aromatic carbocycles. The van der Waals surface area contributed by atoms with E-state index in [2.05, 4.69) is 10.3 Å². The second kappa shape index (κ2) is 9.41. The van der Waals surface area contributed by atoms with Gasteiger partial charge in [-0.25, -0.2) is 9.37 Å². The van der Waals surface area contributed by atoms with Crippen LogP contribution in [0.2, 0.25) is 0 Å². The van der Waals surface area contributed by atoms with Gasteiger partial charge in [0.15, 0.2) is 10.9 Å². The summed E-state index contributed by atoms with van der Waals surface area (Å²) in [5.41, 5.74) is -1.23. The number of alkyl halides is 3. The number of nitrogens with one attached hydrogen (secondary N) is 1. The smallest absolute Gasteiger partial charge is 0.416 e. The largest absolute Gasteiger partial charge is 0.481 e. The summed E-state index contributed by atoms with van der Waals surface area (Å²) in [6.07, 6.45) is 3.62. The first kappa shape index (κ1) is 25.1. The van der Waals surface area contributed by atoms with Gasteiger partial charge in [0.1, 0.15) is 11.4 Å². The third-order valence-corrected chi connectivity index (χ3v) is 7.91. The van der Waals surface area contributed by atoms with Crippen LogP contribution in [0.15, 0.2) is 66.8 Å². The van der Waals surface area contributed by atoms with Crippen LogP contribution in [0.1, 0.15) is 36.3 Å². The van der Waals surface area contributed by atoms with Crippen molar-refractivity contribution in [3.8, 4) is 0 Å². The number of carboxylic acid groups (broad SMARTS) is 1. The summed E-state index contributed by atoms with van der Waals surface area (Å²) in [4.78, 5) is 30.1. The number of aliphatic carboxylic acids is 1. The van der Waals surface area contributed by atoms with E-state index in [1.807, 2.05) is 0 Å². The van der Waals surface area contributed by atoms with Crippen LogP contribution in [-0.2, 0) is 15.8 Å². The number of Topliss-reactive ketones (excluding diaryl/α,β-unsaturated/α-hetero) is 1. The van der Waals surface area contributed by atoms with Gasteiger partial charge in [-0.15, -0.1) is 0 Å². The number of fused-ring (bicyclic) bond motifs is 1. The van der Waals surface area contributed by atoms with E-state index in [1.165, 1.54) is 18.2 Å². The Morgan fingerprint density at radius 2 is 1.78 bits per heavy atom. The molecule has 192 valence electrons. The van der Waals surface area contributed by atoms with E-state index < -0.39 is 40.9 Å². The Bertz CT molecular complexity index is 1410. The van der Waals surface area contributed by atoms with Crippen LogP contribution in [0.5, 0.6) is 0 Å². The van der Waals surface area contributed by atoms with Gasteiger partial charge in [0.2, 0.25) is 0 Å². The van der Waals surface area contributed by atoms with Crippen molar-refractivity contribution < 1.29 is 32.3 Å². The maximum Gasteiger partial charge on any atom is 0.416 e. The molecule has 2 atom stereocenters. The third-order valence-electron chi connectivity index (χ3n) is 6.97. The lowest BCUT2D eigenvalue weighted by molar-refractivity contribution is -0.146. The SMILES string of the molecule is O=C(O)C1CCCC1C(=O)C1(Nc2nc3ccc(C(F)(F)F)cc3s2)C=CC(c2cccc(F)c2)C=C1. The summed E-state index contributed by atoms with van der Waals surface area (Å²) in [5.74, 6) is -3.66. The molecule has 1 fully saturated rings. The van der Waals surface area contributed by atoms with Gasteiger partial charge in [0.25, 0.3) is 0 Å². The zero-order valence-electron chi connectivity index (χ0n) is 19.3. The lowest BCUT2D eigenvalue weighted by atomic mass is 9.76. The molecule has 2 aliphatic carbocycles. The number of hydrogen-bond acceptors (Lipinski definition) is 5. The first-order valence-electron chi connectivity index (χ1n) is 11.7. The van der Waals surface area contributed by atoms with E-state index in [1.54, 1.807) is 36.4 Å². The molecular weight excluding hydrogens is 508 g/mol. The minimum atomic E-state index is -4.50. The van der Waals surface area contributed by atoms with Crippen molar-refractivity contribution in [1.82, 2.24) is 4.98 Å². The molecule has 1 heterocycles. The zero-order chi connectivity index (χ0) is 26.4. The molecule has 1 saturated carbocycles. The van der Waals surface area contributed by atoms with E-state index >= 15 is 0 Å². The molecule has 0 radical (unpaired) electrons. The monoisotopic (exact) mass is 530 g/mol. The van der Waals surface area contributed by atoms with Crippen LogP contribution in [0, 0.1) is 17.7 Å². The molecule has 5 nitrogen and oxygen atoms in total. The van der Waals surface area contributed by atoms with Crippen LogP contribution >= 0.6 is 11.3 Å². The number of allylic oxidation sites excluding steroid dienone is 2. The van der Waals surface area contributed by atoms with Gasteiger partial charge in [-0.3, -0.25) is 9.59 Å². The van der Waals surface area contributed by atoms with Gasteiger partial charge >= 0.3 is 12.1 Å². The van der Waals surface area contributed by atoms with E-state index in [0.717, 1.165) is 23.5 Å². The van der Waals surface area contributed by atoms with Crippen LogP contribution < -0.4 is 5.32 Å². The highest BCUT2D eigenvalue weighted by atomic mass is 32.1. The molecule has 3 aromatic rings. The minimum Gasteiger partial charge on any atom is -0.481 e. The number of aromatic nitrogens is 1. The number of carbonyl (C=O) groups excluding carboxylic acids is 1. The second-order valence-electron chi connectivity index (χ2n) is 9.34. The fourth-order valence-electron chi connectivity index (χ4n) is 5.08. The van der Waals surface area contributed by atoms with Gasteiger partial charge in [-0.1, -0.05) is 54.2 Å². The van der Waals surface area contributed by atoms with Gasteiger partial charge in [-0.05, 0) is 48.7 Å². The molecule has 0 aliphatic heterocycles. The van der Waals surface area contributed by atoms with Crippen molar-refractivity contribution in [1.29, 1.82) is 0 Å². The minimum absolute atomic E-state index is 0.228. The fraction of sp³-hybridized carbons (Fsp3) is 0.296. The molecule has 0 amide bonds. The molecule has 10 heteroatoms. The van der Waals surface area contributed by atoms with Crippen molar-refractivity contribution in [2.24, 2.45) is 11.8 Å². The Morgan fingerprint density at radius 3 is 2.46 bits per heavy atom. The van der Waals surface area contributed by atoms with Gasteiger partial charge in [-0.2, -0.15) is 13.2 Å². The van der Waals surface area contributed by atoms with E-state index in [-0.39, 0.29) is 16.8 Å². The summed E-state index contributed by atoms with van der Waals surface area (Å²) in [6, 6.07) is 9.31. The average molecular weight is 531 g/mol. The molecule has 0 spiro atoms. The summed E-state index contributed by atoms with van der Waals surface area (Å²) in [7, 11) is 0. The molecule has 2 aliphatic rings. The predicted octanol–water partition coefficient (Wildman–Crippen LogP) is 6.58. The quantitative estimate of drug-likeness (QED) is 0.278. The first-order valence-corrected chi connectivity index (χ1v) is 12.5. The Hall–Kier alpha value is -3.53. The zero-order valence-corrected chi connectivity index (χ0v) is 20.2. The van der Waals surface area contributed by atoms with Crippen LogP contribution in [0.3, 0.4) is 0 Å². The Balaban J connectivity index is 1.51. The van der Waals surface area contributed by atoms with Gasteiger partial charge in [0.05, 0.1) is 21.7 Å². The van der Waals surface area contributed by atoms with Crippen LogP contribution in [0.4, 0.5) is 22.7 Å². The van der Waals surface area contributed by atoms with Crippen molar-refractivity contribution in [2.45, 2.75) is 36.9 Å². The number of hydrogen-bond donors (Lipinski definition) is 2. The van der Waals surface area contributed by atoms with E-state index in [9.17, 15) is 32.3 Å². The molecule has 37 heavy (non-hydrogen) atoms. The third kappa shape index (κ3) is 4.90. The summed E-state index contributed by atoms with van der Waals surface area (Å²) in [5, 5.41) is 13.0. The Morgan fingerprint density at radius 1 is 1.05 bits per heavy atom. The fourth-order valence-corrected chi connectivity index (χ4v) is 6.06. The maximum absolute atomic E-state index is 13.9. The maximum atomic E-state index is 13.9. The highest BCUT2D eigenvalue weighted by molar-refractivity contribution is 7.22. The summed E-state index contributed by atoms with van der Waals surface area (Å²) < 4.78 is 53.6. The molecular formula is C27H22F4N2O3S. The highest BCUT2D eigenvalue weighted by Crippen LogP contribution is 2.41. The first-order chi connectivity index (χ1) is 17.6. The number of anilines is 1. The summed E-state index contributed by atoms with van der Waals surface area (Å²) in [6.45, 7) is 0. The molecule has 0 bridgehead atoms. The van der Waals surface area contributed by atoms with Crippen molar-refractivity contribution in [2.75, 3.05) is 5.32 Å². The summed E-state index contributed by atoms with van der Waals surface area (Å²) >= 11 is 0.978. The number of thiazole rings is 1. The van der Waals surface area contributed by atoms with Crippen molar-refractivity contribution in [3.63, 3.8) is 0 Å². The molecule has 0 saturated heterocycles. The van der Waals surface area contributed by atoms with Gasteiger partial charge < -0.3 is 10.4 Å². The lowest BCUT2D eigenvalue weighted by Crippen LogP contribution is -2.48. The van der Waals surface area contributed by atoms with E-state index in [4.69, 9.17) is 0 Å². The number of halogens is 4.